The van der Waals surface area contributed by atoms with Gasteiger partial charge >= 0.3 is 0 Å². The van der Waals surface area contributed by atoms with E-state index in [2.05, 4.69) is 19.2 Å². The Morgan fingerprint density at radius 1 is 1.53 bits per heavy atom. The smallest absolute Gasteiger partial charge is 0.239 e. The van der Waals surface area contributed by atoms with E-state index in [9.17, 15) is 4.79 Å². The molecule has 3 N–H and O–H groups in total. The molecule has 1 aliphatic carbocycles. The summed E-state index contributed by atoms with van der Waals surface area (Å²) in [4.78, 5) is 11.8. The largest absolute Gasteiger partial charge is 0.383 e. The molecule has 0 aromatic heterocycles. The number of nitrogens with one attached hydrogen (secondary N) is 1. The van der Waals surface area contributed by atoms with Gasteiger partial charge in [-0.25, -0.2) is 0 Å². The number of ether oxygens (including phenoxy) is 1. The van der Waals surface area contributed by atoms with Crippen LogP contribution in [0.5, 0.6) is 0 Å². The molecule has 5 heteroatoms. The van der Waals surface area contributed by atoms with Crippen LogP contribution in [0, 0.1) is 5.92 Å². The highest BCUT2D eigenvalue weighted by atomic mass is 35.5. The van der Waals surface area contributed by atoms with Gasteiger partial charge in [0.25, 0.3) is 0 Å². The van der Waals surface area contributed by atoms with Crippen LogP contribution < -0.4 is 11.1 Å². The quantitative estimate of drug-likeness (QED) is 0.808. The minimum Gasteiger partial charge on any atom is -0.383 e. The second-order valence-electron chi connectivity index (χ2n) is 5.29. The second kappa shape index (κ2) is 7.19. The van der Waals surface area contributed by atoms with Crippen LogP contribution >= 0.6 is 12.4 Å². The van der Waals surface area contributed by atoms with Crippen molar-refractivity contribution in [1.82, 2.24) is 5.32 Å². The van der Waals surface area contributed by atoms with Crippen molar-refractivity contribution >= 4 is 18.3 Å². The lowest BCUT2D eigenvalue weighted by Gasteiger charge is -2.37. The van der Waals surface area contributed by atoms with Crippen molar-refractivity contribution in [3.8, 4) is 0 Å². The van der Waals surface area contributed by atoms with E-state index in [4.69, 9.17) is 10.5 Å². The molecular formula is C12H25ClN2O2. The molecule has 1 atom stereocenters. The van der Waals surface area contributed by atoms with E-state index >= 15 is 0 Å². The van der Waals surface area contributed by atoms with Gasteiger partial charge in [0.15, 0.2) is 0 Å². The number of rotatable bonds is 4. The number of nitrogens with two attached hydrogens (primary N) is 1. The summed E-state index contributed by atoms with van der Waals surface area (Å²) in [5, 5.41) is 3.06. The van der Waals surface area contributed by atoms with E-state index in [0.29, 0.717) is 0 Å². The topological polar surface area (TPSA) is 64.3 Å². The van der Waals surface area contributed by atoms with E-state index in [1.807, 2.05) is 0 Å². The fraction of sp³-hybridized carbons (Fsp3) is 0.917. The van der Waals surface area contributed by atoms with E-state index in [1.165, 1.54) is 12.8 Å². The third-order valence-corrected chi connectivity index (χ3v) is 3.49. The molecule has 0 saturated heterocycles. The second-order valence-corrected chi connectivity index (χ2v) is 5.29. The third-order valence-electron chi connectivity index (χ3n) is 3.49. The molecule has 0 heterocycles. The van der Waals surface area contributed by atoms with Crippen molar-refractivity contribution in [3.05, 3.63) is 0 Å². The standard InChI is InChI=1S/C12H24N2O2.ClH/c1-9-4-6-12(2,7-5-9)14-11(15)10(13)8-16-3;/h9-10H,4-8,13H2,1-3H3,(H,14,15);1H. The summed E-state index contributed by atoms with van der Waals surface area (Å²) in [7, 11) is 1.55. The van der Waals surface area contributed by atoms with Gasteiger partial charge in [0, 0.05) is 12.6 Å². The van der Waals surface area contributed by atoms with Gasteiger partial charge in [0.1, 0.15) is 6.04 Å². The molecule has 1 saturated carbocycles. The van der Waals surface area contributed by atoms with Crippen molar-refractivity contribution < 1.29 is 9.53 Å². The molecule has 0 aromatic carbocycles. The highest BCUT2D eigenvalue weighted by Crippen LogP contribution is 2.31. The first-order valence-electron chi connectivity index (χ1n) is 6.03. The number of hydrogen-bond acceptors (Lipinski definition) is 3. The summed E-state index contributed by atoms with van der Waals surface area (Å²) in [5.74, 6) is 0.677. The van der Waals surface area contributed by atoms with Crippen molar-refractivity contribution in [2.24, 2.45) is 11.7 Å². The highest BCUT2D eigenvalue weighted by Gasteiger charge is 2.32. The monoisotopic (exact) mass is 264 g/mol. The van der Waals surface area contributed by atoms with Crippen LogP contribution in [-0.2, 0) is 9.53 Å². The maximum Gasteiger partial charge on any atom is 0.239 e. The van der Waals surface area contributed by atoms with Gasteiger partial charge in [-0.3, -0.25) is 4.79 Å². The van der Waals surface area contributed by atoms with E-state index < -0.39 is 6.04 Å². The molecule has 0 aliphatic heterocycles. The Bertz CT molecular complexity index is 241. The summed E-state index contributed by atoms with van der Waals surface area (Å²) in [5.41, 5.74) is 5.62. The molecule has 0 radical (unpaired) electrons. The Labute approximate surface area is 110 Å². The molecule has 0 spiro atoms. The van der Waals surface area contributed by atoms with Gasteiger partial charge in [-0.05, 0) is 38.5 Å². The van der Waals surface area contributed by atoms with Crippen LogP contribution in [0.3, 0.4) is 0 Å². The minimum atomic E-state index is -0.554. The van der Waals surface area contributed by atoms with E-state index in [0.717, 1.165) is 18.8 Å². The van der Waals surface area contributed by atoms with Crippen molar-refractivity contribution in [2.75, 3.05) is 13.7 Å². The van der Waals surface area contributed by atoms with Crippen LogP contribution in [0.15, 0.2) is 0 Å². The maximum absolute atomic E-state index is 11.8. The van der Waals surface area contributed by atoms with Gasteiger partial charge in [-0.1, -0.05) is 6.92 Å². The van der Waals surface area contributed by atoms with Crippen LogP contribution in [0.2, 0.25) is 0 Å². The molecule has 1 fully saturated rings. The zero-order chi connectivity index (χ0) is 12.2. The van der Waals surface area contributed by atoms with Crippen molar-refractivity contribution in [2.45, 2.75) is 51.1 Å². The first kappa shape index (κ1) is 16.7. The molecule has 1 rings (SSSR count). The molecule has 4 nitrogen and oxygen atoms in total. The van der Waals surface area contributed by atoms with Crippen molar-refractivity contribution in [3.63, 3.8) is 0 Å². The summed E-state index contributed by atoms with van der Waals surface area (Å²) in [6, 6.07) is -0.554. The first-order chi connectivity index (χ1) is 7.47. The summed E-state index contributed by atoms with van der Waals surface area (Å²) in [6.07, 6.45) is 4.44. The van der Waals surface area contributed by atoms with Crippen LogP contribution in [0.25, 0.3) is 0 Å². The molecule has 1 unspecified atom stereocenters. The molecule has 102 valence electrons. The van der Waals surface area contributed by atoms with Crippen LogP contribution in [0.4, 0.5) is 0 Å². The number of hydrogen-bond donors (Lipinski definition) is 2. The average molecular weight is 265 g/mol. The normalized spacial score (nSPS) is 30.2. The predicted octanol–water partition coefficient (Wildman–Crippen LogP) is 1.47. The minimum absolute atomic E-state index is 0. The number of carbonyl (C=O) groups is 1. The Kier molecular flexibility index (Phi) is 7.05. The van der Waals surface area contributed by atoms with Crippen LogP contribution in [0.1, 0.15) is 39.5 Å². The molecule has 1 aliphatic rings. The number of carbonyl (C=O) groups excluding carboxylic acids is 1. The zero-order valence-corrected chi connectivity index (χ0v) is 11.8. The Balaban J connectivity index is 0.00000256. The molecular weight excluding hydrogens is 240 g/mol. The summed E-state index contributed by atoms with van der Waals surface area (Å²) >= 11 is 0. The van der Waals surface area contributed by atoms with Crippen LogP contribution in [-0.4, -0.2) is 31.2 Å². The van der Waals surface area contributed by atoms with Gasteiger partial charge in [-0.15, -0.1) is 12.4 Å². The fourth-order valence-electron chi connectivity index (χ4n) is 2.17. The lowest BCUT2D eigenvalue weighted by atomic mass is 9.78. The fourth-order valence-corrected chi connectivity index (χ4v) is 2.17. The molecule has 0 bridgehead atoms. The Morgan fingerprint density at radius 2 is 2.06 bits per heavy atom. The number of halogens is 1. The Morgan fingerprint density at radius 3 is 2.53 bits per heavy atom. The highest BCUT2D eigenvalue weighted by molar-refractivity contribution is 5.85. The molecule has 0 aromatic rings. The lowest BCUT2D eigenvalue weighted by Crippen LogP contribution is -2.54. The van der Waals surface area contributed by atoms with Gasteiger partial charge in [-0.2, -0.15) is 0 Å². The van der Waals surface area contributed by atoms with E-state index in [1.54, 1.807) is 7.11 Å². The maximum atomic E-state index is 11.8. The van der Waals surface area contributed by atoms with Gasteiger partial charge < -0.3 is 15.8 Å². The summed E-state index contributed by atoms with van der Waals surface area (Å²) in [6.45, 7) is 4.65. The lowest BCUT2D eigenvalue weighted by molar-refractivity contribution is -0.125. The first-order valence-corrected chi connectivity index (χ1v) is 6.03. The van der Waals surface area contributed by atoms with Crippen molar-refractivity contribution in [1.29, 1.82) is 0 Å². The number of amides is 1. The van der Waals surface area contributed by atoms with E-state index in [-0.39, 0.29) is 30.5 Å². The number of methoxy groups -OCH3 is 1. The predicted molar refractivity (Wildman–Crippen MR) is 71.3 cm³/mol. The Hall–Kier alpha value is -0.320. The van der Waals surface area contributed by atoms with Gasteiger partial charge in [0.05, 0.1) is 6.61 Å². The molecule has 1 amide bonds. The van der Waals surface area contributed by atoms with Gasteiger partial charge in [0.2, 0.25) is 5.91 Å². The SMILES string of the molecule is COCC(N)C(=O)NC1(C)CCC(C)CC1.Cl. The zero-order valence-electron chi connectivity index (χ0n) is 11.0. The third kappa shape index (κ3) is 5.23. The molecule has 17 heavy (non-hydrogen) atoms. The average Bonchev–Trinajstić information content (AvgIpc) is 2.23. The summed E-state index contributed by atoms with van der Waals surface area (Å²) < 4.78 is 4.88.